The molecule has 0 radical (unpaired) electrons. The maximum absolute atomic E-state index is 13.4. The maximum atomic E-state index is 13.4. The van der Waals surface area contributed by atoms with E-state index in [0.717, 1.165) is 48.5 Å². The second-order valence-electron chi connectivity index (χ2n) is 7.84. The fourth-order valence-electron chi connectivity index (χ4n) is 4.17. The lowest BCUT2D eigenvalue weighted by Gasteiger charge is -2.31. The predicted octanol–water partition coefficient (Wildman–Crippen LogP) is 5.29. The van der Waals surface area contributed by atoms with Crippen LogP contribution < -0.4 is 10.6 Å². The summed E-state index contributed by atoms with van der Waals surface area (Å²) in [6.45, 7) is 0. The van der Waals surface area contributed by atoms with E-state index >= 15 is 0 Å². The summed E-state index contributed by atoms with van der Waals surface area (Å²) in [5.74, 6) is 1.04. The van der Waals surface area contributed by atoms with Gasteiger partial charge in [0.2, 0.25) is 0 Å². The highest BCUT2D eigenvalue weighted by atomic mass is 79.9. The van der Waals surface area contributed by atoms with E-state index in [1.807, 2.05) is 18.2 Å². The highest BCUT2D eigenvalue weighted by molar-refractivity contribution is 9.10. The van der Waals surface area contributed by atoms with Crippen LogP contribution in [0.1, 0.15) is 31.4 Å². The Morgan fingerprint density at radius 2 is 1.84 bits per heavy atom. The zero-order chi connectivity index (χ0) is 22.3. The van der Waals surface area contributed by atoms with Crippen molar-refractivity contribution in [2.45, 2.75) is 43.9 Å². The van der Waals surface area contributed by atoms with Crippen molar-refractivity contribution in [2.24, 2.45) is 0 Å². The molecule has 0 saturated heterocycles. The van der Waals surface area contributed by atoms with Crippen LogP contribution in [0.4, 0.5) is 24.8 Å². The average Bonchev–Trinajstić information content (AvgIpc) is 3.14. The molecular formula is C21H19BrF3N7. The average molecular weight is 506 g/mol. The Morgan fingerprint density at radius 1 is 1.03 bits per heavy atom. The van der Waals surface area contributed by atoms with Crippen LogP contribution in [0.5, 0.6) is 0 Å². The van der Waals surface area contributed by atoms with Gasteiger partial charge in [0.05, 0.1) is 5.52 Å². The van der Waals surface area contributed by atoms with Crippen LogP contribution in [0, 0.1) is 0 Å². The van der Waals surface area contributed by atoms with Gasteiger partial charge in [0.25, 0.3) is 0 Å². The zero-order valence-corrected chi connectivity index (χ0v) is 18.4. The second kappa shape index (κ2) is 8.19. The van der Waals surface area contributed by atoms with Crippen molar-refractivity contribution in [2.75, 3.05) is 10.6 Å². The fraction of sp³-hybridized carbons (Fsp3) is 0.333. The number of aromatic nitrogens is 5. The summed E-state index contributed by atoms with van der Waals surface area (Å²) in [5.41, 5.74) is 0.0450. The van der Waals surface area contributed by atoms with Gasteiger partial charge >= 0.3 is 6.18 Å². The largest absolute Gasteiger partial charge is 0.433 e. The molecule has 1 saturated carbocycles. The van der Waals surface area contributed by atoms with Crippen LogP contribution in [-0.4, -0.2) is 36.6 Å². The standard InChI is InChI=1S/C21H19BrF3N7/c22-17-11-19-30-16(21(23,24)25)10-18(32(19)31-17)28-12-3-1-4-13(9-12)29-20-14-5-2-7-26-15(14)6-8-27-20/h2,5-8,10-13,28H,1,3-4,9H2,(H,27,29). The molecule has 2 atom stereocenters. The van der Waals surface area contributed by atoms with Crippen molar-refractivity contribution in [3.8, 4) is 0 Å². The second-order valence-corrected chi connectivity index (χ2v) is 8.65. The molecule has 1 aliphatic rings. The van der Waals surface area contributed by atoms with E-state index in [0.29, 0.717) is 4.60 Å². The van der Waals surface area contributed by atoms with Gasteiger partial charge in [-0.2, -0.15) is 22.8 Å². The maximum Gasteiger partial charge on any atom is 0.433 e. The topological polar surface area (TPSA) is 80.0 Å². The van der Waals surface area contributed by atoms with Crippen molar-refractivity contribution in [1.82, 2.24) is 24.6 Å². The monoisotopic (exact) mass is 505 g/mol. The van der Waals surface area contributed by atoms with Crippen LogP contribution in [-0.2, 0) is 6.18 Å². The highest BCUT2D eigenvalue weighted by Gasteiger charge is 2.34. The number of hydrogen-bond donors (Lipinski definition) is 2. The first-order valence-corrected chi connectivity index (χ1v) is 11.0. The van der Waals surface area contributed by atoms with Crippen molar-refractivity contribution in [1.29, 1.82) is 0 Å². The van der Waals surface area contributed by atoms with Crippen LogP contribution in [0.15, 0.2) is 47.3 Å². The van der Waals surface area contributed by atoms with Crippen molar-refractivity contribution >= 4 is 44.1 Å². The number of fused-ring (bicyclic) bond motifs is 2. The molecule has 1 aliphatic carbocycles. The Labute approximate surface area is 189 Å². The summed E-state index contributed by atoms with van der Waals surface area (Å²) in [7, 11) is 0. The smallest absolute Gasteiger partial charge is 0.367 e. The SMILES string of the molecule is FC(F)(F)c1cc(NC2CCCC(Nc3nccc4ncccc34)C2)n2nc(Br)cc2n1. The van der Waals surface area contributed by atoms with Gasteiger partial charge in [-0.3, -0.25) is 4.98 Å². The molecule has 2 unspecified atom stereocenters. The minimum atomic E-state index is -4.54. The van der Waals surface area contributed by atoms with Crippen LogP contribution in [0.25, 0.3) is 16.6 Å². The molecular weight excluding hydrogens is 487 g/mol. The molecule has 166 valence electrons. The van der Waals surface area contributed by atoms with Gasteiger partial charge in [-0.05, 0) is 59.8 Å². The number of pyridine rings is 2. The molecule has 4 aromatic rings. The minimum Gasteiger partial charge on any atom is -0.367 e. The first-order chi connectivity index (χ1) is 15.4. The summed E-state index contributed by atoms with van der Waals surface area (Å²) in [6.07, 6.45) is 2.37. The summed E-state index contributed by atoms with van der Waals surface area (Å²) in [5, 5.41) is 11.9. The van der Waals surface area contributed by atoms with Crippen molar-refractivity contribution in [3.05, 3.63) is 53.0 Å². The van der Waals surface area contributed by atoms with Gasteiger partial charge < -0.3 is 10.6 Å². The van der Waals surface area contributed by atoms with Crippen molar-refractivity contribution < 1.29 is 13.2 Å². The molecule has 0 aromatic carbocycles. The third kappa shape index (κ3) is 4.21. The lowest BCUT2D eigenvalue weighted by atomic mass is 9.91. The highest BCUT2D eigenvalue weighted by Crippen LogP contribution is 2.32. The Kier molecular flexibility index (Phi) is 5.36. The normalized spacial score (nSPS) is 19.4. The van der Waals surface area contributed by atoms with Gasteiger partial charge in [0, 0.05) is 42.0 Å². The lowest BCUT2D eigenvalue weighted by Crippen LogP contribution is -2.35. The molecule has 0 aliphatic heterocycles. The van der Waals surface area contributed by atoms with E-state index in [1.54, 1.807) is 12.4 Å². The Morgan fingerprint density at radius 3 is 2.66 bits per heavy atom. The Bertz CT molecular complexity index is 1270. The number of anilines is 2. The molecule has 32 heavy (non-hydrogen) atoms. The molecule has 0 bridgehead atoms. The number of nitrogens with one attached hydrogen (secondary N) is 2. The fourth-order valence-corrected chi connectivity index (χ4v) is 4.53. The van der Waals surface area contributed by atoms with E-state index in [4.69, 9.17) is 0 Å². The van der Waals surface area contributed by atoms with E-state index in [9.17, 15) is 13.2 Å². The Hall–Kier alpha value is -2.95. The van der Waals surface area contributed by atoms with E-state index in [2.05, 4.69) is 46.6 Å². The predicted molar refractivity (Wildman–Crippen MR) is 119 cm³/mol. The van der Waals surface area contributed by atoms with Crippen LogP contribution in [0.2, 0.25) is 0 Å². The first kappa shape index (κ1) is 20.9. The van der Waals surface area contributed by atoms with Gasteiger partial charge in [-0.25, -0.2) is 9.97 Å². The summed E-state index contributed by atoms with van der Waals surface area (Å²) >= 11 is 3.22. The quantitative estimate of drug-likeness (QED) is 0.392. The van der Waals surface area contributed by atoms with Gasteiger partial charge in [0.15, 0.2) is 11.3 Å². The minimum absolute atomic E-state index is 0.0241. The van der Waals surface area contributed by atoms with Gasteiger partial charge in [-0.1, -0.05) is 0 Å². The van der Waals surface area contributed by atoms with Crippen molar-refractivity contribution in [3.63, 3.8) is 0 Å². The molecule has 1 fully saturated rings. The molecule has 7 nitrogen and oxygen atoms in total. The number of hydrogen-bond acceptors (Lipinski definition) is 6. The number of halogens is 4. The third-order valence-corrected chi connectivity index (χ3v) is 5.97. The van der Waals surface area contributed by atoms with E-state index in [1.165, 1.54) is 10.6 Å². The van der Waals surface area contributed by atoms with Gasteiger partial charge in [0.1, 0.15) is 16.2 Å². The molecule has 0 spiro atoms. The van der Waals surface area contributed by atoms with E-state index < -0.39 is 11.9 Å². The summed E-state index contributed by atoms with van der Waals surface area (Å²) in [4.78, 5) is 12.5. The van der Waals surface area contributed by atoms with E-state index in [-0.39, 0.29) is 23.5 Å². The third-order valence-electron chi connectivity index (χ3n) is 5.58. The number of rotatable bonds is 4. The molecule has 4 aromatic heterocycles. The molecule has 2 N–H and O–H groups in total. The molecule has 0 amide bonds. The molecule has 11 heteroatoms. The number of alkyl halides is 3. The summed E-state index contributed by atoms with van der Waals surface area (Å²) < 4.78 is 41.9. The number of nitrogens with zero attached hydrogens (tertiary/aromatic N) is 5. The Balaban J connectivity index is 1.38. The van der Waals surface area contributed by atoms with Crippen LogP contribution in [0.3, 0.4) is 0 Å². The first-order valence-electron chi connectivity index (χ1n) is 10.2. The lowest BCUT2D eigenvalue weighted by molar-refractivity contribution is -0.141. The van der Waals surface area contributed by atoms with Gasteiger partial charge in [-0.15, -0.1) is 0 Å². The molecule has 4 heterocycles. The van der Waals surface area contributed by atoms with Crippen LogP contribution >= 0.6 is 15.9 Å². The molecule has 5 rings (SSSR count). The summed E-state index contributed by atoms with van der Waals surface area (Å²) in [6, 6.07) is 8.29. The zero-order valence-electron chi connectivity index (χ0n) is 16.8.